The second-order valence-corrected chi connectivity index (χ2v) is 2.41. The minimum Gasteiger partial charge on any atom is -0.472 e. The Morgan fingerprint density at radius 2 is 2.11 bits per heavy atom. The van der Waals surface area contributed by atoms with E-state index in [-0.39, 0.29) is 0 Å². The highest BCUT2D eigenvalue weighted by Gasteiger charge is 2.18. The molecular formula is C4HF2IO2. The van der Waals surface area contributed by atoms with Gasteiger partial charge in [0.2, 0.25) is 0 Å². The van der Waals surface area contributed by atoms with Crippen LogP contribution in [0.15, 0.2) is 0 Å². The summed E-state index contributed by atoms with van der Waals surface area (Å²) >= 11 is 0.740. The Morgan fingerprint density at radius 1 is 1.67 bits per heavy atom. The van der Waals surface area contributed by atoms with E-state index in [1.165, 1.54) is 11.8 Å². The van der Waals surface area contributed by atoms with Crippen LogP contribution in [0.1, 0.15) is 0 Å². The number of rotatable bonds is 0. The fourth-order valence-corrected chi connectivity index (χ4v) is 0.259. The van der Waals surface area contributed by atoms with Crippen LogP contribution in [0.5, 0.6) is 0 Å². The minimum absolute atomic E-state index is 0.740. The summed E-state index contributed by atoms with van der Waals surface area (Å²) in [4.78, 5) is 9.54. The molecule has 0 unspecified atom stereocenters. The van der Waals surface area contributed by atoms with E-state index in [2.05, 4.69) is 0 Å². The van der Waals surface area contributed by atoms with Crippen LogP contribution in [0.2, 0.25) is 0 Å². The molecule has 50 valence electrons. The van der Waals surface area contributed by atoms with Crippen LogP contribution in [0.3, 0.4) is 0 Å². The van der Waals surface area contributed by atoms with E-state index in [9.17, 15) is 13.6 Å². The first-order valence-corrected chi connectivity index (χ1v) is 2.82. The molecule has 0 heterocycles. The lowest BCUT2D eigenvalue weighted by Gasteiger charge is -1.92. The SMILES string of the molecule is O=C(O)C#CC(F)(F)I. The molecule has 0 aliphatic carbocycles. The molecule has 0 radical (unpaired) electrons. The van der Waals surface area contributed by atoms with Crippen molar-refractivity contribution in [2.24, 2.45) is 0 Å². The van der Waals surface area contributed by atoms with Crippen LogP contribution in [0, 0.1) is 11.8 Å². The molecule has 0 aromatic heterocycles. The third kappa shape index (κ3) is 7.62. The topological polar surface area (TPSA) is 37.3 Å². The van der Waals surface area contributed by atoms with E-state index < -0.39 is 9.90 Å². The van der Waals surface area contributed by atoms with Crippen molar-refractivity contribution in [2.75, 3.05) is 0 Å². The van der Waals surface area contributed by atoms with Crippen molar-refractivity contribution in [3.63, 3.8) is 0 Å². The Morgan fingerprint density at radius 3 is 2.22 bits per heavy atom. The highest BCUT2D eigenvalue weighted by Crippen LogP contribution is 2.19. The second kappa shape index (κ2) is 2.96. The van der Waals surface area contributed by atoms with Gasteiger partial charge in [0.05, 0.1) is 0 Å². The van der Waals surface area contributed by atoms with Gasteiger partial charge < -0.3 is 5.11 Å². The summed E-state index contributed by atoms with van der Waals surface area (Å²) in [6.07, 6.45) is 0. The third-order valence-electron chi connectivity index (χ3n) is 0.311. The first kappa shape index (κ1) is 8.62. The van der Waals surface area contributed by atoms with Gasteiger partial charge >= 0.3 is 9.90 Å². The molecule has 5 heteroatoms. The number of carbonyl (C=O) groups is 1. The highest BCUT2D eigenvalue weighted by molar-refractivity contribution is 14.1. The molecule has 0 aliphatic rings. The fourth-order valence-electron chi connectivity index (χ4n) is 0.124. The molecule has 0 saturated heterocycles. The first-order chi connectivity index (χ1) is 3.92. The van der Waals surface area contributed by atoms with Gasteiger partial charge in [0, 0.05) is 28.5 Å². The molecule has 0 aliphatic heterocycles. The van der Waals surface area contributed by atoms with E-state index >= 15 is 0 Å². The molecule has 0 bridgehead atoms. The third-order valence-corrected chi connectivity index (χ3v) is 0.581. The molecular weight excluding hydrogens is 245 g/mol. The molecule has 1 N–H and O–H groups in total. The zero-order valence-electron chi connectivity index (χ0n) is 3.99. The molecule has 0 aromatic rings. The largest absolute Gasteiger partial charge is 0.472 e. The van der Waals surface area contributed by atoms with Crippen LogP contribution in [0.4, 0.5) is 8.78 Å². The van der Waals surface area contributed by atoms with Crippen molar-refractivity contribution in [1.29, 1.82) is 0 Å². The summed E-state index contributed by atoms with van der Waals surface area (Å²) in [7, 11) is 0. The van der Waals surface area contributed by atoms with Gasteiger partial charge in [0.15, 0.2) is 0 Å². The zero-order chi connectivity index (χ0) is 7.49. The van der Waals surface area contributed by atoms with Gasteiger partial charge in [-0.2, -0.15) is 8.78 Å². The number of alkyl halides is 3. The van der Waals surface area contributed by atoms with Gasteiger partial charge in [-0.1, -0.05) is 0 Å². The normalized spacial score (nSPS) is 9.67. The second-order valence-electron chi connectivity index (χ2n) is 1.05. The van der Waals surface area contributed by atoms with Gasteiger partial charge in [0.1, 0.15) is 0 Å². The van der Waals surface area contributed by atoms with Crippen molar-refractivity contribution in [3.05, 3.63) is 0 Å². The van der Waals surface area contributed by atoms with Gasteiger partial charge in [-0.3, -0.25) is 0 Å². The van der Waals surface area contributed by atoms with E-state index in [4.69, 9.17) is 5.11 Å². The van der Waals surface area contributed by atoms with E-state index in [0.717, 1.165) is 22.6 Å². The number of halogens is 3. The first-order valence-electron chi connectivity index (χ1n) is 1.74. The monoisotopic (exact) mass is 246 g/mol. The van der Waals surface area contributed by atoms with Gasteiger partial charge in [0.25, 0.3) is 0 Å². The molecule has 0 atom stereocenters. The number of carboxylic acid groups (broad SMARTS) is 1. The number of carboxylic acids is 1. The van der Waals surface area contributed by atoms with Crippen molar-refractivity contribution in [3.8, 4) is 11.8 Å². The number of hydrogen-bond acceptors (Lipinski definition) is 1. The van der Waals surface area contributed by atoms with E-state index in [1.807, 2.05) is 0 Å². The maximum absolute atomic E-state index is 11.6. The molecule has 9 heavy (non-hydrogen) atoms. The molecule has 0 fully saturated rings. The summed E-state index contributed by atoms with van der Waals surface area (Å²) in [6, 6.07) is 0. The number of hydrogen-bond donors (Lipinski definition) is 1. The Labute approximate surface area is 63.4 Å². The standard InChI is InChI=1S/C4HF2IO2/c5-4(6,7)2-1-3(8)9/h(H,8,9). The Hall–Kier alpha value is -0.380. The summed E-state index contributed by atoms with van der Waals surface area (Å²) in [5, 5.41) is 7.77. The quantitative estimate of drug-likeness (QED) is 0.394. The average Bonchev–Trinajstić information content (AvgIpc) is 1.59. The Bertz CT molecular complexity index is 173. The molecule has 0 amide bonds. The molecule has 2 nitrogen and oxygen atoms in total. The summed E-state index contributed by atoms with van der Waals surface area (Å²) < 4.78 is 20.0. The minimum atomic E-state index is -3.24. The Balaban J connectivity index is 4.04. The van der Waals surface area contributed by atoms with Crippen LogP contribution >= 0.6 is 22.6 Å². The summed E-state index contributed by atoms with van der Waals surface area (Å²) in [6.45, 7) is 0. The molecule has 0 saturated carbocycles. The predicted molar refractivity (Wildman–Crippen MR) is 34.4 cm³/mol. The summed E-state index contributed by atoms with van der Waals surface area (Å²) in [5.74, 6) is 0.970. The van der Waals surface area contributed by atoms with Crippen molar-refractivity contribution >= 4 is 28.6 Å². The lowest BCUT2D eigenvalue weighted by atomic mass is 10.6. The van der Waals surface area contributed by atoms with Crippen LogP contribution in [-0.4, -0.2) is 15.0 Å². The maximum Gasteiger partial charge on any atom is 0.382 e. The lowest BCUT2D eigenvalue weighted by molar-refractivity contribution is -0.130. The van der Waals surface area contributed by atoms with Crippen molar-refractivity contribution in [1.82, 2.24) is 0 Å². The average molecular weight is 246 g/mol. The lowest BCUT2D eigenvalue weighted by Crippen LogP contribution is -2.00. The fraction of sp³-hybridized carbons (Fsp3) is 0.250. The summed E-state index contributed by atoms with van der Waals surface area (Å²) in [5.41, 5.74) is 0. The molecule has 0 aromatic carbocycles. The maximum atomic E-state index is 11.6. The zero-order valence-corrected chi connectivity index (χ0v) is 6.15. The smallest absolute Gasteiger partial charge is 0.382 e. The molecule has 0 rings (SSSR count). The Kier molecular flexibility index (Phi) is 2.84. The highest BCUT2D eigenvalue weighted by atomic mass is 127. The van der Waals surface area contributed by atoms with Crippen LogP contribution < -0.4 is 0 Å². The van der Waals surface area contributed by atoms with Gasteiger partial charge in [-0.25, -0.2) is 4.79 Å². The van der Waals surface area contributed by atoms with Gasteiger partial charge in [-0.05, 0) is 5.92 Å². The van der Waals surface area contributed by atoms with E-state index in [1.54, 1.807) is 0 Å². The molecule has 0 spiro atoms. The van der Waals surface area contributed by atoms with Crippen molar-refractivity contribution in [2.45, 2.75) is 3.93 Å². The number of aliphatic carboxylic acids is 1. The van der Waals surface area contributed by atoms with Gasteiger partial charge in [-0.15, -0.1) is 0 Å². The van der Waals surface area contributed by atoms with Crippen LogP contribution in [0.25, 0.3) is 0 Å². The predicted octanol–water partition coefficient (Wildman–Crippen LogP) is 1.10. The van der Waals surface area contributed by atoms with Crippen LogP contribution in [-0.2, 0) is 4.79 Å². The van der Waals surface area contributed by atoms with E-state index in [0.29, 0.717) is 0 Å². The van der Waals surface area contributed by atoms with Crippen molar-refractivity contribution < 1.29 is 18.7 Å².